The Morgan fingerprint density at radius 3 is 2.50 bits per heavy atom. The van der Waals surface area contributed by atoms with Crippen molar-refractivity contribution >= 4 is 17.8 Å². The second-order valence-corrected chi connectivity index (χ2v) is 1.09. The molecule has 1 atom stereocenters. The van der Waals surface area contributed by atoms with Crippen LogP contribution in [0.5, 0.6) is 0 Å². The number of nitrogens with zero attached hydrogens (tertiary/aromatic N) is 1. The maximum Gasteiger partial charge on any atom is 0.199 e. The highest BCUT2D eigenvalue weighted by Crippen LogP contribution is 1.88. The Balaban J connectivity index is 3.21. The topological polar surface area (TPSA) is 53.3 Å². The Bertz CT molecular complexity index is 56.6. The third-order valence-electron chi connectivity index (χ3n) is 0.238. The number of alkyl halides is 1. The number of halogens is 1. The summed E-state index contributed by atoms with van der Waals surface area (Å²) >= 11 is 4.93. The summed E-state index contributed by atoms with van der Waals surface area (Å²) in [5.41, 5.74) is -0.981. The Labute approximate surface area is 39.8 Å². The minimum atomic E-state index is -0.981. The van der Waals surface area contributed by atoms with Gasteiger partial charge in [-0.3, -0.25) is 0 Å². The normalized spacial score (nSPS) is 12.8. The van der Waals surface area contributed by atoms with Crippen molar-refractivity contribution in [3.8, 4) is 0 Å². The Hall–Kier alpha value is -0.440. The maximum absolute atomic E-state index is 9.20. The third-order valence-corrected chi connectivity index (χ3v) is 0.444. The zero-order chi connectivity index (χ0) is 4.99. The molecule has 0 rings (SSSR count). The molecule has 0 amide bonds. The SMILES string of the molecule is N=CC(Cl)N=O. The van der Waals surface area contributed by atoms with Crippen LogP contribution in [0.3, 0.4) is 0 Å². The molecule has 0 aliphatic rings. The summed E-state index contributed by atoms with van der Waals surface area (Å²) in [4.78, 5) is 9.20. The van der Waals surface area contributed by atoms with Gasteiger partial charge in [0.15, 0.2) is 5.50 Å². The highest BCUT2D eigenvalue weighted by Gasteiger charge is 1.90. The zero-order valence-electron chi connectivity index (χ0n) is 2.89. The average molecular weight is 107 g/mol. The van der Waals surface area contributed by atoms with E-state index in [2.05, 4.69) is 5.18 Å². The summed E-state index contributed by atoms with van der Waals surface area (Å²) in [5.74, 6) is 0. The lowest BCUT2D eigenvalue weighted by molar-refractivity contribution is 1.19. The number of nitrogens with one attached hydrogen (secondary N) is 1. The predicted octanol–water partition coefficient (Wildman–Crippen LogP) is 0.967. The van der Waals surface area contributed by atoms with Crippen LogP contribution in [0.2, 0.25) is 0 Å². The zero-order valence-corrected chi connectivity index (χ0v) is 3.64. The molecule has 0 aliphatic heterocycles. The van der Waals surface area contributed by atoms with Crippen molar-refractivity contribution in [2.24, 2.45) is 5.18 Å². The molecule has 0 saturated carbocycles. The van der Waals surface area contributed by atoms with Gasteiger partial charge >= 0.3 is 0 Å². The molecule has 0 aromatic heterocycles. The molecule has 3 nitrogen and oxygen atoms in total. The van der Waals surface area contributed by atoms with Crippen molar-refractivity contribution in [1.82, 2.24) is 0 Å². The van der Waals surface area contributed by atoms with Gasteiger partial charge in [0.1, 0.15) is 0 Å². The lowest BCUT2D eigenvalue weighted by Gasteiger charge is -1.77. The van der Waals surface area contributed by atoms with Gasteiger partial charge in [-0.1, -0.05) is 11.6 Å². The Morgan fingerprint density at radius 1 is 2.00 bits per heavy atom. The van der Waals surface area contributed by atoms with Crippen LogP contribution in [0.1, 0.15) is 0 Å². The van der Waals surface area contributed by atoms with Crippen molar-refractivity contribution in [2.45, 2.75) is 5.50 Å². The first kappa shape index (κ1) is 5.56. The standard InChI is InChI=1S/C2H3ClN2O/c3-2(1-4)5-6/h1-2,4H. The van der Waals surface area contributed by atoms with E-state index in [4.69, 9.17) is 17.0 Å². The van der Waals surface area contributed by atoms with E-state index in [1.807, 2.05) is 0 Å². The molecule has 0 aliphatic carbocycles. The monoisotopic (exact) mass is 106 g/mol. The van der Waals surface area contributed by atoms with E-state index in [1.54, 1.807) is 0 Å². The molecule has 0 aromatic rings. The first-order chi connectivity index (χ1) is 2.81. The first-order valence-corrected chi connectivity index (χ1v) is 1.72. The van der Waals surface area contributed by atoms with Crippen LogP contribution in [0.15, 0.2) is 5.18 Å². The fourth-order valence-corrected chi connectivity index (χ4v) is 0.0304. The van der Waals surface area contributed by atoms with Crippen LogP contribution in [-0.4, -0.2) is 11.7 Å². The number of hydrogen-bond donors (Lipinski definition) is 1. The minimum Gasteiger partial charge on any atom is -0.309 e. The van der Waals surface area contributed by atoms with E-state index < -0.39 is 5.50 Å². The first-order valence-electron chi connectivity index (χ1n) is 1.28. The minimum absolute atomic E-state index is 0.758. The van der Waals surface area contributed by atoms with Crippen LogP contribution in [-0.2, 0) is 0 Å². The molecule has 0 aromatic carbocycles. The number of hydrogen-bond acceptors (Lipinski definition) is 3. The average Bonchev–Trinajstić information content (AvgIpc) is 1.65. The largest absolute Gasteiger partial charge is 0.309 e. The van der Waals surface area contributed by atoms with Gasteiger partial charge in [0, 0.05) is 6.21 Å². The molecule has 0 fully saturated rings. The van der Waals surface area contributed by atoms with Crippen LogP contribution in [0.4, 0.5) is 0 Å². The van der Waals surface area contributed by atoms with Gasteiger partial charge in [0.25, 0.3) is 0 Å². The van der Waals surface area contributed by atoms with Crippen molar-refractivity contribution in [2.75, 3.05) is 0 Å². The van der Waals surface area contributed by atoms with Gasteiger partial charge in [0.05, 0.1) is 0 Å². The Kier molecular flexibility index (Phi) is 2.58. The highest BCUT2D eigenvalue weighted by atomic mass is 35.5. The molecule has 0 saturated heterocycles. The fourth-order valence-electron chi connectivity index (χ4n) is 0.0304. The smallest absolute Gasteiger partial charge is 0.199 e. The van der Waals surface area contributed by atoms with E-state index in [9.17, 15) is 4.91 Å². The predicted molar refractivity (Wildman–Crippen MR) is 24.2 cm³/mol. The van der Waals surface area contributed by atoms with Gasteiger partial charge < -0.3 is 5.41 Å². The lowest BCUT2D eigenvalue weighted by atomic mass is 10.8. The van der Waals surface area contributed by atoms with E-state index in [0.29, 0.717) is 0 Å². The van der Waals surface area contributed by atoms with Crippen LogP contribution >= 0.6 is 11.6 Å². The van der Waals surface area contributed by atoms with Crippen molar-refractivity contribution < 1.29 is 0 Å². The molecule has 0 bridgehead atoms. The summed E-state index contributed by atoms with van der Waals surface area (Å²) in [5, 5.41) is 8.54. The van der Waals surface area contributed by atoms with E-state index in [0.717, 1.165) is 6.21 Å². The molecule has 1 N–H and O–H groups in total. The Morgan fingerprint density at radius 2 is 2.50 bits per heavy atom. The second kappa shape index (κ2) is 2.78. The lowest BCUT2D eigenvalue weighted by Crippen LogP contribution is -1.88. The molecule has 0 spiro atoms. The molecule has 34 valence electrons. The van der Waals surface area contributed by atoms with E-state index in [-0.39, 0.29) is 0 Å². The fraction of sp³-hybridized carbons (Fsp3) is 0.500. The number of nitroso groups, excluding NO2 is 1. The van der Waals surface area contributed by atoms with Crippen LogP contribution < -0.4 is 0 Å². The van der Waals surface area contributed by atoms with E-state index in [1.165, 1.54) is 0 Å². The summed E-state index contributed by atoms with van der Waals surface area (Å²) in [7, 11) is 0. The molecule has 4 heteroatoms. The highest BCUT2D eigenvalue weighted by molar-refractivity contribution is 6.27. The van der Waals surface area contributed by atoms with Gasteiger partial charge in [-0.15, -0.1) is 4.91 Å². The quantitative estimate of drug-likeness (QED) is 0.243. The maximum atomic E-state index is 9.20. The van der Waals surface area contributed by atoms with Gasteiger partial charge in [-0.2, -0.15) is 0 Å². The van der Waals surface area contributed by atoms with Crippen molar-refractivity contribution in [3.05, 3.63) is 4.91 Å². The summed E-state index contributed by atoms with van der Waals surface area (Å²) in [6.07, 6.45) is 0.758. The van der Waals surface area contributed by atoms with E-state index >= 15 is 0 Å². The second-order valence-electron chi connectivity index (χ2n) is 0.645. The van der Waals surface area contributed by atoms with Crippen molar-refractivity contribution in [1.29, 1.82) is 5.41 Å². The molecule has 1 unspecified atom stereocenters. The molecular weight excluding hydrogens is 103 g/mol. The van der Waals surface area contributed by atoms with Crippen LogP contribution in [0.25, 0.3) is 0 Å². The van der Waals surface area contributed by atoms with Crippen LogP contribution in [0, 0.1) is 10.3 Å². The van der Waals surface area contributed by atoms with Gasteiger partial charge in [-0.05, 0) is 5.18 Å². The summed E-state index contributed by atoms with van der Waals surface area (Å²) < 4.78 is 0. The molecule has 6 heavy (non-hydrogen) atoms. The third kappa shape index (κ3) is 1.84. The van der Waals surface area contributed by atoms with Crippen molar-refractivity contribution in [3.63, 3.8) is 0 Å². The summed E-state index contributed by atoms with van der Waals surface area (Å²) in [6, 6.07) is 0. The molecule has 0 heterocycles. The molecule has 0 radical (unpaired) electrons. The van der Waals surface area contributed by atoms with Gasteiger partial charge in [-0.25, -0.2) is 0 Å². The van der Waals surface area contributed by atoms with Gasteiger partial charge in [0.2, 0.25) is 0 Å². The summed E-state index contributed by atoms with van der Waals surface area (Å²) in [6.45, 7) is 0. The molecular formula is C2H3ClN2O. The number of rotatable bonds is 2.